The Kier molecular flexibility index (Phi) is 3.54. The molecule has 1 aliphatic heterocycles. The normalized spacial score (nSPS) is 21.0. The molecule has 0 saturated carbocycles. The molecule has 0 radical (unpaired) electrons. The van der Waals surface area contributed by atoms with Crippen LogP contribution in [-0.2, 0) is 0 Å². The number of thiazole rings is 1. The van der Waals surface area contributed by atoms with E-state index < -0.39 is 0 Å². The number of piperazine rings is 1. The van der Waals surface area contributed by atoms with Gasteiger partial charge >= 0.3 is 0 Å². The van der Waals surface area contributed by atoms with Gasteiger partial charge in [0.2, 0.25) is 0 Å². The molecule has 1 aromatic heterocycles. The van der Waals surface area contributed by atoms with E-state index in [4.69, 9.17) is 0 Å². The third kappa shape index (κ3) is 2.34. The molecule has 1 unspecified atom stereocenters. The maximum absolute atomic E-state index is 4.40. The second-order valence-corrected chi connectivity index (χ2v) is 5.91. The van der Waals surface area contributed by atoms with Crippen LogP contribution in [0.15, 0.2) is 9.98 Å². The zero-order valence-corrected chi connectivity index (χ0v) is 10.6. The highest BCUT2D eigenvalue weighted by Gasteiger charge is 2.19. The van der Waals surface area contributed by atoms with E-state index in [1.807, 2.05) is 6.20 Å². The minimum absolute atomic E-state index is 0.452. The first-order valence-electron chi connectivity index (χ1n) is 4.83. The lowest BCUT2D eigenvalue weighted by molar-refractivity contribution is 0.185. The number of nitrogens with one attached hydrogen (secondary N) is 1. The van der Waals surface area contributed by atoms with Gasteiger partial charge in [-0.3, -0.25) is 4.90 Å². The topological polar surface area (TPSA) is 28.2 Å². The highest BCUT2D eigenvalue weighted by molar-refractivity contribution is 9.11. The molecule has 0 spiro atoms. The smallest absolute Gasteiger partial charge is 0.111 e. The van der Waals surface area contributed by atoms with Gasteiger partial charge in [0.05, 0.1) is 16.0 Å². The lowest BCUT2D eigenvalue weighted by Crippen LogP contribution is -2.44. The molecule has 0 amide bonds. The summed E-state index contributed by atoms with van der Waals surface area (Å²) in [6.45, 7) is 6.67. The fourth-order valence-corrected chi connectivity index (χ4v) is 3.02. The van der Waals surface area contributed by atoms with Gasteiger partial charge < -0.3 is 5.32 Å². The van der Waals surface area contributed by atoms with Crippen LogP contribution in [0.2, 0.25) is 0 Å². The Morgan fingerprint density at radius 3 is 2.86 bits per heavy atom. The summed E-state index contributed by atoms with van der Waals surface area (Å²) in [6, 6.07) is 0.452. The summed E-state index contributed by atoms with van der Waals surface area (Å²) >= 11 is 5.18. The van der Waals surface area contributed by atoms with Crippen molar-refractivity contribution in [2.45, 2.75) is 13.0 Å². The van der Waals surface area contributed by atoms with E-state index in [-0.39, 0.29) is 0 Å². The van der Waals surface area contributed by atoms with Crippen LogP contribution in [0.1, 0.15) is 18.0 Å². The number of nitrogens with zero attached hydrogens (tertiary/aromatic N) is 2. The van der Waals surface area contributed by atoms with Crippen LogP contribution in [0.5, 0.6) is 0 Å². The van der Waals surface area contributed by atoms with Gasteiger partial charge in [-0.1, -0.05) is 0 Å². The molecule has 1 aliphatic rings. The molecule has 1 aromatic rings. The summed E-state index contributed by atoms with van der Waals surface area (Å²) in [7, 11) is 0. The Bertz CT molecular complexity index is 296. The van der Waals surface area contributed by atoms with Crippen molar-refractivity contribution in [2.24, 2.45) is 0 Å². The first-order valence-corrected chi connectivity index (χ1v) is 6.44. The molecule has 1 N–H and O–H groups in total. The van der Waals surface area contributed by atoms with Crippen LogP contribution in [-0.4, -0.2) is 36.1 Å². The molecule has 78 valence electrons. The van der Waals surface area contributed by atoms with Crippen LogP contribution in [0.25, 0.3) is 0 Å². The molecule has 1 saturated heterocycles. The van der Waals surface area contributed by atoms with Gasteiger partial charge in [0.15, 0.2) is 0 Å². The minimum Gasteiger partial charge on any atom is -0.314 e. The van der Waals surface area contributed by atoms with E-state index >= 15 is 0 Å². The minimum atomic E-state index is 0.452. The zero-order chi connectivity index (χ0) is 9.97. The first-order chi connectivity index (χ1) is 6.77. The van der Waals surface area contributed by atoms with Crippen LogP contribution in [0.3, 0.4) is 0 Å². The third-order valence-electron chi connectivity index (χ3n) is 2.55. The monoisotopic (exact) mass is 275 g/mol. The van der Waals surface area contributed by atoms with E-state index in [2.05, 4.69) is 38.1 Å². The number of aromatic nitrogens is 1. The van der Waals surface area contributed by atoms with Crippen molar-refractivity contribution in [1.29, 1.82) is 0 Å². The standard InChI is InChI=1S/C9H14BrN3S/c1-7(9-12-6-8(10)14-9)13-4-2-11-3-5-13/h6-7,11H,2-5H2,1H3. The molecular formula is C9H14BrN3S. The molecule has 1 atom stereocenters. The molecule has 5 heteroatoms. The average molecular weight is 276 g/mol. The number of rotatable bonds is 2. The molecule has 0 aliphatic carbocycles. The molecule has 0 bridgehead atoms. The Balaban J connectivity index is 2.03. The van der Waals surface area contributed by atoms with Gasteiger partial charge in [-0.15, -0.1) is 11.3 Å². The zero-order valence-electron chi connectivity index (χ0n) is 8.16. The van der Waals surface area contributed by atoms with Crippen molar-refractivity contribution >= 4 is 27.3 Å². The Morgan fingerprint density at radius 1 is 1.57 bits per heavy atom. The third-order valence-corrected chi connectivity index (χ3v) is 4.20. The number of hydrogen-bond acceptors (Lipinski definition) is 4. The quantitative estimate of drug-likeness (QED) is 0.894. The average Bonchev–Trinajstić information content (AvgIpc) is 2.65. The number of halogens is 1. The molecule has 2 rings (SSSR count). The van der Waals surface area contributed by atoms with Crippen molar-refractivity contribution in [3.63, 3.8) is 0 Å². The van der Waals surface area contributed by atoms with Crippen LogP contribution >= 0.6 is 27.3 Å². The van der Waals surface area contributed by atoms with Gasteiger partial charge in [-0.25, -0.2) is 4.98 Å². The summed E-state index contributed by atoms with van der Waals surface area (Å²) in [5, 5.41) is 4.57. The Morgan fingerprint density at radius 2 is 2.29 bits per heavy atom. The molecule has 3 nitrogen and oxygen atoms in total. The molecule has 14 heavy (non-hydrogen) atoms. The SMILES string of the molecule is CC(c1ncc(Br)s1)N1CCNCC1. The van der Waals surface area contributed by atoms with Gasteiger partial charge in [-0.2, -0.15) is 0 Å². The van der Waals surface area contributed by atoms with Gasteiger partial charge in [0.25, 0.3) is 0 Å². The second kappa shape index (κ2) is 4.70. The van der Waals surface area contributed by atoms with E-state index in [1.165, 1.54) is 5.01 Å². The van der Waals surface area contributed by atoms with Crippen LogP contribution < -0.4 is 5.32 Å². The van der Waals surface area contributed by atoms with Crippen molar-refractivity contribution in [3.8, 4) is 0 Å². The van der Waals surface area contributed by atoms with Gasteiger partial charge in [0, 0.05) is 26.2 Å². The predicted octanol–water partition coefficient (Wildman–Crippen LogP) is 1.87. The predicted molar refractivity (Wildman–Crippen MR) is 62.7 cm³/mol. The molecular weight excluding hydrogens is 262 g/mol. The van der Waals surface area contributed by atoms with Crippen molar-refractivity contribution in [3.05, 3.63) is 15.0 Å². The Labute approximate surface area is 96.7 Å². The summed E-state index contributed by atoms with van der Waals surface area (Å²) in [5.41, 5.74) is 0. The van der Waals surface area contributed by atoms with E-state index in [0.717, 1.165) is 30.0 Å². The number of hydrogen-bond donors (Lipinski definition) is 1. The lowest BCUT2D eigenvalue weighted by atomic mass is 10.2. The molecule has 2 heterocycles. The summed E-state index contributed by atoms with van der Waals surface area (Å²) in [6.07, 6.45) is 1.89. The second-order valence-electron chi connectivity index (χ2n) is 3.46. The van der Waals surface area contributed by atoms with Crippen LogP contribution in [0, 0.1) is 0 Å². The maximum Gasteiger partial charge on any atom is 0.111 e. The lowest BCUT2D eigenvalue weighted by Gasteiger charge is -2.31. The highest BCUT2D eigenvalue weighted by atomic mass is 79.9. The van der Waals surface area contributed by atoms with E-state index in [1.54, 1.807) is 11.3 Å². The van der Waals surface area contributed by atoms with Crippen LogP contribution in [0.4, 0.5) is 0 Å². The summed E-state index contributed by atoms with van der Waals surface area (Å²) < 4.78 is 1.12. The first kappa shape index (κ1) is 10.5. The fraction of sp³-hybridized carbons (Fsp3) is 0.667. The molecule has 0 aromatic carbocycles. The summed E-state index contributed by atoms with van der Waals surface area (Å²) in [5.74, 6) is 0. The molecule has 1 fully saturated rings. The van der Waals surface area contributed by atoms with Gasteiger partial charge in [0.1, 0.15) is 5.01 Å². The van der Waals surface area contributed by atoms with E-state index in [0.29, 0.717) is 6.04 Å². The van der Waals surface area contributed by atoms with Crippen molar-refractivity contribution in [1.82, 2.24) is 15.2 Å². The van der Waals surface area contributed by atoms with Crippen molar-refractivity contribution < 1.29 is 0 Å². The maximum atomic E-state index is 4.40. The highest BCUT2D eigenvalue weighted by Crippen LogP contribution is 2.27. The van der Waals surface area contributed by atoms with Gasteiger partial charge in [-0.05, 0) is 22.9 Å². The van der Waals surface area contributed by atoms with E-state index in [9.17, 15) is 0 Å². The largest absolute Gasteiger partial charge is 0.314 e. The fourth-order valence-electron chi connectivity index (χ4n) is 1.69. The summed E-state index contributed by atoms with van der Waals surface area (Å²) in [4.78, 5) is 6.87. The van der Waals surface area contributed by atoms with Crippen molar-refractivity contribution in [2.75, 3.05) is 26.2 Å². The Hall–Kier alpha value is 0.0300.